The quantitative estimate of drug-likeness (QED) is 0.652. The lowest BCUT2D eigenvalue weighted by molar-refractivity contribution is -0.0199. The predicted molar refractivity (Wildman–Crippen MR) is 116 cm³/mol. The molecule has 162 valence electrons. The molecule has 0 aliphatic carbocycles. The first-order valence-corrected chi connectivity index (χ1v) is 10.1. The maximum atomic E-state index is 12.3. The van der Waals surface area contributed by atoms with Crippen LogP contribution in [-0.4, -0.2) is 41.0 Å². The Bertz CT molecular complexity index is 1210. The normalized spacial score (nSPS) is 18.8. The number of benzene rings is 2. The Morgan fingerprint density at radius 2 is 1.88 bits per heavy atom. The highest BCUT2D eigenvalue weighted by atomic mass is 16.5. The summed E-state index contributed by atoms with van der Waals surface area (Å²) in [6.45, 7) is 0. The lowest BCUT2D eigenvalue weighted by Gasteiger charge is -2.38. The van der Waals surface area contributed by atoms with E-state index in [1.807, 2.05) is 47.5 Å². The molecule has 0 radical (unpaired) electrons. The van der Waals surface area contributed by atoms with Gasteiger partial charge in [0.05, 0.1) is 31.7 Å². The standard InChI is InChI=1S/C24H21N3O5/c1-30-20-11-10-15(21(24(28)29)22(20)31-2)23-27-18(14-7-3-4-9-19(14)32-23)13-17(26-27)16-8-5-6-12-25-16/h3-12,18,23H,13H2,1-2H3,(H,28,29)/t18-,23+/m0/s1. The van der Waals surface area contributed by atoms with Gasteiger partial charge in [-0.05, 0) is 30.3 Å². The SMILES string of the molecule is COc1ccc([C@H]2Oc3ccccc3[C@@H]3CC(c4ccccn4)=NN23)c(C(=O)O)c1OC. The average molecular weight is 431 g/mol. The fourth-order valence-electron chi connectivity index (χ4n) is 4.30. The molecule has 8 heteroatoms. The van der Waals surface area contributed by atoms with Crippen molar-refractivity contribution in [2.45, 2.75) is 18.7 Å². The summed E-state index contributed by atoms with van der Waals surface area (Å²) < 4.78 is 17.0. The van der Waals surface area contributed by atoms with Crippen molar-refractivity contribution < 1.29 is 24.1 Å². The van der Waals surface area contributed by atoms with E-state index in [0.29, 0.717) is 23.5 Å². The highest BCUT2D eigenvalue weighted by Crippen LogP contribution is 2.49. The summed E-state index contributed by atoms with van der Waals surface area (Å²) in [4.78, 5) is 16.7. The van der Waals surface area contributed by atoms with E-state index in [0.717, 1.165) is 17.0 Å². The summed E-state index contributed by atoms with van der Waals surface area (Å²) in [6, 6.07) is 16.7. The van der Waals surface area contributed by atoms with E-state index >= 15 is 0 Å². The molecule has 0 fully saturated rings. The number of fused-ring (bicyclic) bond motifs is 3. The molecule has 2 aliphatic rings. The number of nitrogens with zero attached hydrogens (tertiary/aromatic N) is 3. The molecule has 0 unspecified atom stereocenters. The van der Waals surface area contributed by atoms with Crippen LogP contribution in [0, 0.1) is 0 Å². The topological polar surface area (TPSA) is 93.5 Å². The van der Waals surface area contributed by atoms with Gasteiger partial charge in [-0.25, -0.2) is 9.80 Å². The number of hydrogen-bond acceptors (Lipinski definition) is 7. The number of hydrazone groups is 1. The molecule has 32 heavy (non-hydrogen) atoms. The second kappa shape index (κ2) is 7.88. The van der Waals surface area contributed by atoms with E-state index in [1.54, 1.807) is 18.3 Å². The van der Waals surface area contributed by atoms with Crippen LogP contribution in [0.2, 0.25) is 0 Å². The molecule has 5 rings (SSSR count). The zero-order chi connectivity index (χ0) is 22.2. The van der Waals surface area contributed by atoms with Gasteiger partial charge in [0, 0.05) is 23.7 Å². The second-order valence-corrected chi connectivity index (χ2v) is 7.44. The van der Waals surface area contributed by atoms with Crippen LogP contribution in [0.3, 0.4) is 0 Å². The van der Waals surface area contributed by atoms with Gasteiger partial charge in [0.1, 0.15) is 11.3 Å². The largest absolute Gasteiger partial charge is 0.493 e. The number of pyridine rings is 1. The molecule has 8 nitrogen and oxygen atoms in total. The van der Waals surface area contributed by atoms with Gasteiger partial charge < -0.3 is 19.3 Å². The fraction of sp³-hybridized carbons (Fsp3) is 0.208. The number of aromatic carboxylic acids is 1. The van der Waals surface area contributed by atoms with Crippen molar-refractivity contribution in [2.75, 3.05) is 14.2 Å². The Kier molecular flexibility index (Phi) is 4.89. The van der Waals surface area contributed by atoms with E-state index in [2.05, 4.69) is 4.98 Å². The Balaban J connectivity index is 1.67. The average Bonchev–Trinajstić information content (AvgIpc) is 3.29. The Morgan fingerprint density at radius 1 is 1.06 bits per heavy atom. The number of ether oxygens (including phenoxy) is 3. The summed E-state index contributed by atoms with van der Waals surface area (Å²) in [6.07, 6.45) is 1.60. The van der Waals surface area contributed by atoms with Gasteiger partial charge in [0.15, 0.2) is 11.5 Å². The molecule has 0 saturated carbocycles. The first-order valence-electron chi connectivity index (χ1n) is 10.1. The van der Waals surface area contributed by atoms with Crippen molar-refractivity contribution in [3.8, 4) is 17.2 Å². The third kappa shape index (κ3) is 3.11. The van der Waals surface area contributed by atoms with Gasteiger partial charge in [-0.2, -0.15) is 5.10 Å². The first kappa shape index (κ1) is 19.9. The van der Waals surface area contributed by atoms with E-state index in [9.17, 15) is 9.90 Å². The van der Waals surface area contributed by atoms with E-state index in [-0.39, 0.29) is 17.4 Å². The molecule has 0 saturated heterocycles. The highest BCUT2D eigenvalue weighted by Gasteiger charge is 2.43. The first-order chi connectivity index (χ1) is 15.6. The van der Waals surface area contributed by atoms with Crippen LogP contribution in [0.25, 0.3) is 0 Å². The van der Waals surface area contributed by atoms with Crippen LogP contribution in [0.4, 0.5) is 0 Å². The highest BCUT2D eigenvalue weighted by molar-refractivity contribution is 6.00. The minimum Gasteiger partial charge on any atom is -0.493 e. The molecule has 0 spiro atoms. The van der Waals surface area contributed by atoms with Crippen LogP contribution in [0.1, 0.15) is 45.9 Å². The number of para-hydroxylation sites is 1. The molecule has 1 aromatic heterocycles. The van der Waals surface area contributed by atoms with Crippen LogP contribution in [0.5, 0.6) is 17.2 Å². The monoisotopic (exact) mass is 431 g/mol. The lowest BCUT2D eigenvalue weighted by Crippen LogP contribution is -2.34. The summed E-state index contributed by atoms with van der Waals surface area (Å²) in [7, 11) is 2.89. The van der Waals surface area contributed by atoms with E-state index in [1.165, 1.54) is 14.2 Å². The van der Waals surface area contributed by atoms with Gasteiger partial charge in [-0.15, -0.1) is 0 Å². The van der Waals surface area contributed by atoms with E-state index in [4.69, 9.17) is 19.3 Å². The number of hydrogen-bond donors (Lipinski definition) is 1. The molecular weight excluding hydrogens is 410 g/mol. The molecule has 2 aromatic carbocycles. The van der Waals surface area contributed by atoms with Crippen LogP contribution in [-0.2, 0) is 0 Å². The number of carboxylic acid groups (broad SMARTS) is 1. The number of rotatable bonds is 5. The summed E-state index contributed by atoms with van der Waals surface area (Å²) in [5.74, 6) is 0.0374. The molecule has 0 amide bonds. The second-order valence-electron chi connectivity index (χ2n) is 7.44. The van der Waals surface area contributed by atoms with Gasteiger partial charge in [-0.3, -0.25) is 4.98 Å². The molecular formula is C24H21N3O5. The number of carboxylic acids is 1. The van der Waals surface area contributed by atoms with Crippen molar-refractivity contribution in [1.82, 2.24) is 9.99 Å². The Morgan fingerprint density at radius 3 is 2.59 bits per heavy atom. The van der Waals surface area contributed by atoms with Crippen molar-refractivity contribution in [3.05, 3.63) is 83.2 Å². The molecule has 3 heterocycles. The summed E-state index contributed by atoms with van der Waals surface area (Å²) in [5, 5.41) is 16.7. The number of methoxy groups -OCH3 is 2. The van der Waals surface area contributed by atoms with Crippen molar-refractivity contribution >= 4 is 11.7 Å². The Labute approximate surface area is 184 Å². The maximum Gasteiger partial charge on any atom is 0.340 e. The molecule has 3 aromatic rings. The zero-order valence-electron chi connectivity index (χ0n) is 17.6. The summed E-state index contributed by atoms with van der Waals surface area (Å²) in [5.41, 5.74) is 3.01. The molecule has 2 atom stereocenters. The van der Waals surface area contributed by atoms with Gasteiger partial charge in [0.2, 0.25) is 6.23 Å². The van der Waals surface area contributed by atoms with Gasteiger partial charge in [-0.1, -0.05) is 24.3 Å². The third-order valence-electron chi connectivity index (χ3n) is 5.72. The van der Waals surface area contributed by atoms with Crippen molar-refractivity contribution in [3.63, 3.8) is 0 Å². The van der Waals surface area contributed by atoms with Gasteiger partial charge >= 0.3 is 5.97 Å². The van der Waals surface area contributed by atoms with Crippen LogP contribution >= 0.6 is 0 Å². The minimum atomic E-state index is -1.14. The minimum absolute atomic E-state index is 0.0172. The van der Waals surface area contributed by atoms with E-state index < -0.39 is 12.2 Å². The zero-order valence-corrected chi connectivity index (χ0v) is 17.6. The van der Waals surface area contributed by atoms with Crippen molar-refractivity contribution in [2.24, 2.45) is 5.10 Å². The smallest absolute Gasteiger partial charge is 0.340 e. The molecule has 2 aliphatic heterocycles. The van der Waals surface area contributed by atoms with Crippen LogP contribution < -0.4 is 14.2 Å². The van der Waals surface area contributed by atoms with Gasteiger partial charge in [0.25, 0.3) is 0 Å². The summed E-state index contributed by atoms with van der Waals surface area (Å²) >= 11 is 0. The molecule has 0 bridgehead atoms. The third-order valence-corrected chi connectivity index (χ3v) is 5.72. The fourth-order valence-corrected chi connectivity index (χ4v) is 4.30. The van der Waals surface area contributed by atoms with Crippen molar-refractivity contribution in [1.29, 1.82) is 0 Å². The van der Waals surface area contributed by atoms with Crippen LogP contribution in [0.15, 0.2) is 65.9 Å². The maximum absolute atomic E-state index is 12.3. The molecule has 1 N–H and O–H groups in total. The number of carbonyl (C=O) groups is 1. The Hall–Kier alpha value is -4.07. The number of aromatic nitrogens is 1. The lowest BCUT2D eigenvalue weighted by atomic mass is 9.96. The predicted octanol–water partition coefficient (Wildman–Crippen LogP) is 4.04.